The van der Waals surface area contributed by atoms with Crippen LogP contribution in [0.5, 0.6) is 0 Å². The Morgan fingerprint density at radius 1 is 1.03 bits per heavy atom. The van der Waals surface area contributed by atoms with Crippen molar-refractivity contribution in [3.63, 3.8) is 0 Å². The molecule has 4 heterocycles. The average molecular weight is 437 g/mol. The number of hydrogen-bond donors (Lipinski definition) is 0. The van der Waals surface area contributed by atoms with Crippen molar-refractivity contribution in [3.8, 4) is 0 Å². The summed E-state index contributed by atoms with van der Waals surface area (Å²) in [6.07, 6.45) is 3.80. The van der Waals surface area contributed by atoms with E-state index in [-0.39, 0.29) is 10.3 Å². The van der Waals surface area contributed by atoms with Gasteiger partial charge in [0.25, 0.3) is 10.0 Å². The van der Waals surface area contributed by atoms with Crippen LogP contribution in [0.3, 0.4) is 0 Å². The minimum absolute atomic E-state index is 0.0701. The number of fused-ring (bicyclic) bond motifs is 3. The predicted molar refractivity (Wildman–Crippen MR) is 118 cm³/mol. The van der Waals surface area contributed by atoms with E-state index >= 15 is 0 Å². The van der Waals surface area contributed by atoms with Gasteiger partial charge in [-0.3, -0.25) is 4.98 Å². The lowest BCUT2D eigenvalue weighted by molar-refractivity contribution is 0.000468. The molecule has 31 heavy (non-hydrogen) atoms. The summed E-state index contributed by atoms with van der Waals surface area (Å²) in [7, 11) is -3.86. The van der Waals surface area contributed by atoms with Crippen LogP contribution in [-0.4, -0.2) is 41.6 Å². The molecule has 0 amide bonds. The van der Waals surface area contributed by atoms with E-state index in [1.807, 2.05) is 19.1 Å². The summed E-state index contributed by atoms with van der Waals surface area (Å²) in [5.41, 5.74) is 2.00. The third-order valence-electron chi connectivity index (χ3n) is 6.60. The standard InChI is InChI=1S/C23H21FN4O2S/c1-15-2-4-17(5-3-15)31(29,30)28-20-8-9-25-12-19(20)18-6-7-21(26-22(18)28)27-13-23(14-27)10-16(24)11-23/h2-9,12,16H,10-11,13-14H2,1H3. The fourth-order valence-corrected chi connectivity index (χ4v) is 6.46. The second-order valence-corrected chi connectivity index (χ2v) is 10.7. The molecule has 6 rings (SSSR count). The molecule has 0 unspecified atom stereocenters. The molecule has 0 bridgehead atoms. The fraction of sp³-hybridized carbons (Fsp3) is 0.304. The van der Waals surface area contributed by atoms with Crippen LogP contribution in [0.2, 0.25) is 0 Å². The van der Waals surface area contributed by atoms with E-state index in [9.17, 15) is 12.8 Å². The average Bonchev–Trinajstić information content (AvgIpc) is 3.04. The Kier molecular flexibility index (Phi) is 3.78. The van der Waals surface area contributed by atoms with E-state index in [4.69, 9.17) is 4.98 Å². The van der Waals surface area contributed by atoms with E-state index in [1.54, 1.807) is 42.7 Å². The van der Waals surface area contributed by atoms with Crippen LogP contribution in [0.15, 0.2) is 59.8 Å². The highest BCUT2D eigenvalue weighted by molar-refractivity contribution is 7.90. The van der Waals surface area contributed by atoms with E-state index in [0.717, 1.165) is 35.2 Å². The first-order valence-corrected chi connectivity index (χ1v) is 11.8. The van der Waals surface area contributed by atoms with E-state index in [0.29, 0.717) is 24.0 Å². The first kappa shape index (κ1) is 18.7. The number of aryl methyl sites for hydroxylation is 1. The van der Waals surface area contributed by atoms with Crippen LogP contribution in [0.4, 0.5) is 10.2 Å². The summed E-state index contributed by atoms with van der Waals surface area (Å²) in [4.78, 5) is 11.3. The van der Waals surface area contributed by atoms with Crippen molar-refractivity contribution in [3.05, 3.63) is 60.4 Å². The van der Waals surface area contributed by atoms with Gasteiger partial charge in [0.1, 0.15) is 12.0 Å². The van der Waals surface area contributed by atoms with E-state index < -0.39 is 16.2 Å². The van der Waals surface area contributed by atoms with Gasteiger partial charge in [0.15, 0.2) is 5.65 Å². The molecule has 6 nitrogen and oxygen atoms in total. The van der Waals surface area contributed by atoms with Gasteiger partial charge in [-0.05, 0) is 50.1 Å². The highest BCUT2D eigenvalue weighted by atomic mass is 32.2. The second kappa shape index (κ2) is 6.26. The fourth-order valence-electron chi connectivity index (χ4n) is 4.99. The van der Waals surface area contributed by atoms with Crippen LogP contribution in [-0.2, 0) is 10.0 Å². The summed E-state index contributed by atoms with van der Waals surface area (Å²) in [6, 6.07) is 12.3. The minimum Gasteiger partial charge on any atom is -0.355 e. The van der Waals surface area contributed by atoms with Crippen molar-refractivity contribution in [1.29, 1.82) is 0 Å². The second-order valence-electron chi connectivity index (χ2n) is 8.88. The van der Waals surface area contributed by atoms with Gasteiger partial charge in [0.05, 0.1) is 10.4 Å². The van der Waals surface area contributed by atoms with Crippen molar-refractivity contribution < 1.29 is 12.8 Å². The predicted octanol–water partition coefficient (Wildman–Crippen LogP) is 4.07. The van der Waals surface area contributed by atoms with Gasteiger partial charge in [-0.2, -0.15) is 0 Å². The SMILES string of the molecule is Cc1ccc(S(=O)(=O)n2c3ccncc3c3ccc(N4CC5(CC(F)C5)C4)nc32)cc1. The summed E-state index contributed by atoms with van der Waals surface area (Å²) in [5.74, 6) is 0.719. The normalized spacial score (nSPS) is 18.5. The summed E-state index contributed by atoms with van der Waals surface area (Å²) >= 11 is 0. The Morgan fingerprint density at radius 2 is 1.77 bits per heavy atom. The molecule has 8 heteroatoms. The number of nitrogens with zero attached hydrogens (tertiary/aromatic N) is 4. The minimum atomic E-state index is -3.86. The molecule has 3 aromatic heterocycles. The van der Waals surface area contributed by atoms with E-state index in [2.05, 4.69) is 9.88 Å². The van der Waals surface area contributed by atoms with Gasteiger partial charge in [-0.1, -0.05) is 17.7 Å². The molecule has 0 N–H and O–H groups in total. The van der Waals surface area contributed by atoms with Crippen molar-refractivity contribution >= 4 is 37.8 Å². The molecule has 2 aliphatic rings. The highest BCUT2D eigenvalue weighted by Crippen LogP contribution is 2.50. The zero-order valence-electron chi connectivity index (χ0n) is 17.0. The molecule has 1 aliphatic carbocycles. The van der Waals surface area contributed by atoms with Crippen molar-refractivity contribution in [2.45, 2.75) is 30.8 Å². The highest BCUT2D eigenvalue weighted by Gasteiger charge is 2.53. The maximum absolute atomic E-state index is 13.6. The molecule has 0 atom stereocenters. The Morgan fingerprint density at radius 3 is 2.48 bits per heavy atom. The number of pyridine rings is 2. The summed E-state index contributed by atoms with van der Waals surface area (Å²) in [5, 5.41) is 1.48. The number of benzene rings is 1. The Labute approximate surface area is 179 Å². The van der Waals surface area contributed by atoms with Gasteiger partial charge in [-0.15, -0.1) is 0 Å². The number of alkyl halides is 1. The first-order valence-electron chi connectivity index (χ1n) is 10.3. The van der Waals surface area contributed by atoms with Gasteiger partial charge >= 0.3 is 0 Å². The van der Waals surface area contributed by atoms with Crippen molar-refractivity contribution in [2.75, 3.05) is 18.0 Å². The molecule has 1 saturated heterocycles. The van der Waals surface area contributed by atoms with Gasteiger partial charge in [-0.25, -0.2) is 21.8 Å². The van der Waals surface area contributed by atoms with Crippen molar-refractivity contribution in [1.82, 2.24) is 13.9 Å². The number of hydrogen-bond acceptors (Lipinski definition) is 5. The van der Waals surface area contributed by atoms with Crippen molar-refractivity contribution in [2.24, 2.45) is 5.41 Å². The third kappa shape index (κ3) is 2.70. The molecule has 1 spiro atoms. The van der Waals surface area contributed by atoms with Crippen LogP contribution < -0.4 is 4.90 Å². The molecule has 0 radical (unpaired) electrons. The molecule has 1 saturated carbocycles. The maximum Gasteiger partial charge on any atom is 0.269 e. The van der Waals surface area contributed by atoms with Gasteiger partial charge in [0, 0.05) is 41.7 Å². The largest absolute Gasteiger partial charge is 0.355 e. The molecular weight excluding hydrogens is 415 g/mol. The summed E-state index contributed by atoms with van der Waals surface area (Å²) in [6.45, 7) is 3.44. The van der Waals surface area contributed by atoms with E-state index in [1.165, 1.54) is 3.97 Å². The molecule has 2 fully saturated rings. The van der Waals surface area contributed by atoms with Crippen LogP contribution in [0.25, 0.3) is 21.9 Å². The lowest BCUT2D eigenvalue weighted by Gasteiger charge is -2.57. The zero-order chi connectivity index (χ0) is 21.4. The number of rotatable bonds is 3. The number of halogens is 1. The topological polar surface area (TPSA) is 68.1 Å². The smallest absolute Gasteiger partial charge is 0.269 e. The quantitative estimate of drug-likeness (QED) is 0.484. The van der Waals surface area contributed by atoms with Crippen LogP contribution in [0.1, 0.15) is 18.4 Å². The monoisotopic (exact) mass is 436 g/mol. The maximum atomic E-state index is 13.6. The molecule has 158 valence electrons. The molecule has 1 aliphatic heterocycles. The lowest BCUT2D eigenvalue weighted by Crippen LogP contribution is -2.63. The van der Waals surface area contributed by atoms with Crippen LogP contribution in [0, 0.1) is 12.3 Å². The number of anilines is 1. The Balaban J connectivity index is 1.51. The molecule has 1 aromatic carbocycles. The Hall–Kier alpha value is -3.00. The molecule has 4 aromatic rings. The first-order chi connectivity index (χ1) is 14.9. The van der Waals surface area contributed by atoms with Gasteiger partial charge in [0.2, 0.25) is 0 Å². The summed E-state index contributed by atoms with van der Waals surface area (Å²) < 4.78 is 42.0. The van der Waals surface area contributed by atoms with Gasteiger partial charge < -0.3 is 4.90 Å². The zero-order valence-corrected chi connectivity index (χ0v) is 17.8. The molecular formula is C23H21FN4O2S. The van der Waals surface area contributed by atoms with Crippen LogP contribution >= 0.6 is 0 Å². The Bertz CT molecular complexity index is 1430. The third-order valence-corrected chi connectivity index (χ3v) is 8.32. The lowest BCUT2D eigenvalue weighted by atomic mass is 9.62. The number of aromatic nitrogens is 3.